The first kappa shape index (κ1) is 10.2. The van der Waals surface area contributed by atoms with Crippen molar-refractivity contribution in [3.8, 4) is 6.07 Å². The summed E-state index contributed by atoms with van der Waals surface area (Å²) in [7, 11) is 0. The molecule has 1 rings (SSSR count). The number of nitrogens with one attached hydrogen (secondary N) is 1. The van der Waals surface area contributed by atoms with Crippen LogP contribution in [0.1, 0.15) is 29.8 Å². The van der Waals surface area contributed by atoms with Crippen molar-refractivity contribution in [1.29, 1.82) is 5.26 Å². The lowest BCUT2D eigenvalue weighted by molar-refractivity contribution is 0.0942. The Hall–Kier alpha value is -1.89. The van der Waals surface area contributed by atoms with Crippen LogP contribution in [0.5, 0.6) is 0 Å². The van der Waals surface area contributed by atoms with Gasteiger partial charge in [0.1, 0.15) is 6.07 Å². The van der Waals surface area contributed by atoms with Crippen molar-refractivity contribution in [2.24, 2.45) is 0 Å². The van der Waals surface area contributed by atoms with Crippen molar-refractivity contribution >= 4 is 5.91 Å². The molecular weight excluding hydrogens is 178 g/mol. The lowest BCUT2D eigenvalue weighted by Crippen LogP contribution is -2.30. The van der Waals surface area contributed by atoms with Gasteiger partial charge in [-0.15, -0.1) is 0 Å². The Bertz CT molecular complexity index is 379. The first-order valence-electron chi connectivity index (χ1n) is 4.29. The number of hydrogen-bond donors (Lipinski definition) is 1. The predicted octanol–water partition coefficient (Wildman–Crippen LogP) is 1.09. The molecule has 0 saturated carbocycles. The molecule has 1 heterocycles. The van der Waals surface area contributed by atoms with Gasteiger partial charge in [0.15, 0.2) is 0 Å². The average Bonchev–Trinajstić information content (AvgIpc) is 2.17. The maximum Gasteiger partial charge on any atom is 0.253 e. The summed E-state index contributed by atoms with van der Waals surface area (Å²) < 4.78 is 0. The van der Waals surface area contributed by atoms with E-state index in [9.17, 15) is 4.79 Å². The first-order chi connectivity index (χ1) is 6.63. The minimum absolute atomic E-state index is 0.0771. The Balaban J connectivity index is 2.86. The van der Waals surface area contributed by atoms with Gasteiger partial charge in [0.05, 0.1) is 11.1 Å². The number of pyridine rings is 1. The molecule has 1 amide bonds. The average molecular weight is 189 g/mol. The Kier molecular flexibility index (Phi) is 3.19. The Morgan fingerprint density at radius 3 is 2.86 bits per heavy atom. The molecule has 0 aliphatic carbocycles. The fraction of sp³-hybridized carbons (Fsp3) is 0.300. The van der Waals surface area contributed by atoms with Crippen LogP contribution in [-0.2, 0) is 0 Å². The second-order valence-corrected chi connectivity index (χ2v) is 3.20. The highest BCUT2D eigenvalue weighted by molar-refractivity contribution is 5.94. The molecule has 0 spiro atoms. The highest BCUT2D eigenvalue weighted by Gasteiger charge is 2.07. The van der Waals surface area contributed by atoms with Gasteiger partial charge in [0, 0.05) is 18.4 Å². The molecule has 4 heteroatoms. The van der Waals surface area contributed by atoms with E-state index in [1.165, 1.54) is 18.5 Å². The minimum atomic E-state index is -0.204. The van der Waals surface area contributed by atoms with Crippen LogP contribution in [-0.4, -0.2) is 16.9 Å². The van der Waals surface area contributed by atoms with E-state index < -0.39 is 0 Å². The number of nitrogens with zero attached hydrogens (tertiary/aromatic N) is 2. The predicted molar refractivity (Wildman–Crippen MR) is 51.6 cm³/mol. The molecule has 1 aromatic heterocycles. The van der Waals surface area contributed by atoms with Gasteiger partial charge in [-0.3, -0.25) is 9.78 Å². The molecule has 0 aliphatic rings. The summed E-state index contributed by atoms with van der Waals surface area (Å²) in [5.41, 5.74) is 0.805. The van der Waals surface area contributed by atoms with Crippen LogP contribution in [0.4, 0.5) is 0 Å². The molecule has 4 nitrogen and oxygen atoms in total. The maximum absolute atomic E-state index is 11.5. The monoisotopic (exact) mass is 189 g/mol. The molecule has 1 N–H and O–H groups in total. The molecule has 72 valence electrons. The molecule has 0 unspecified atom stereocenters. The molecular formula is C10H11N3O. The molecule has 0 bridgehead atoms. The third kappa shape index (κ3) is 2.56. The van der Waals surface area contributed by atoms with Crippen LogP contribution < -0.4 is 5.32 Å². The molecule has 14 heavy (non-hydrogen) atoms. The van der Waals surface area contributed by atoms with Gasteiger partial charge in [0.25, 0.3) is 5.91 Å². The second-order valence-electron chi connectivity index (χ2n) is 3.20. The van der Waals surface area contributed by atoms with Gasteiger partial charge in [-0.25, -0.2) is 0 Å². The Morgan fingerprint density at radius 2 is 2.29 bits per heavy atom. The van der Waals surface area contributed by atoms with E-state index in [4.69, 9.17) is 5.26 Å². The van der Waals surface area contributed by atoms with Gasteiger partial charge in [0.2, 0.25) is 0 Å². The smallest absolute Gasteiger partial charge is 0.253 e. The molecule has 0 saturated heterocycles. The van der Waals surface area contributed by atoms with Gasteiger partial charge in [-0.1, -0.05) is 0 Å². The van der Waals surface area contributed by atoms with Gasteiger partial charge in [-0.05, 0) is 19.9 Å². The Labute approximate surface area is 82.6 Å². The van der Waals surface area contributed by atoms with Crippen LogP contribution in [0.15, 0.2) is 18.5 Å². The fourth-order valence-corrected chi connectivity index (χ4v) is 0.971. The number of hydrogen-bond acceptors (Lipinski definition) is 3. The molecule has 1 aromatic rings. The number of nitriles is 1. The van der Waals surface area contributed by atoms with E-state index in [0.29, 0.717) is 11.1 Å². The number of rotatable bonds is 2. The second kappa shape index (κ2) is 4.38. The van der Waals surface area contributed by atoms with E-state index >= 15 is 0 Å². The summed E-state index contributed by atoms with van der Waals surface area (Å²) in [6.45, 7) is 3.75. The quantitative estimate of drug-likeness (QED) is 0.757. The molecule has 0 radical (unpaired) electrons. The van der Waals surface area contributed by atoms with Gasteiger partial charge < -0.3 is 5.32 Å². The zero-order valence-corrected chi connectivity index (χ0v) is 8.11. The topological polar surface area (TPSA) is 65.8 Å². The van der Waals surface area contributed by atoms with Crippen molar-refractivity contribution in [2.45, 2.75) is 19.9 Å². The molecule has 0 aromatic carbocycles. The summed E-state index contributed by atoms with van der Waals surface area (Å²) >= 11 is 0. The lowest BCUT2D eigenvalue weighted by Gasteiger charge is -2.07. The number of aromatic nitrogens is 1. The summed E-state index contributed by atoms with van der Waals surface area (Å²) in [5.74, 6) is -0.204. The normalized spacial score (nSPS) is 9.57. The zero-order valence-electron chi connectivity index (χ0n) is 8.11. The van der Waals surface area contributed by atoms with E-state index in [-0.39, 0.29) is 11.9 Å². The summed E-state index contributed by atoms with van der Waals surface area (Å²) in [6.07, 6.45) is 2.87. The standard InChI is InChI=1S/C10H11N3O/c1-7(2)13-10(14)9-3-8(4-11)5-12-6-9/h3,5-7H,1-2H3,(H,13,14). The third-order valence-electron chi connectivity index (χ3n) is 1.55. The van der Waals surface area contributed by atoms with Crippen molar-refractivity contribution < 1.29 is 4.79 Å². The summed E-state index contributed by atoms with van der Waals surface area (Å²) in [5, 5.41) is 11.3. The van der Waals surface area contributed by atoms with E-state index in [2.05, 4.69) is 10.3 Å². The highest BCUT2D eigenvalue weighted by Crippen LogP contribution is 2.01. The largest absolute Gasteiger partial charge is 0.350 e. The van der Waals surface area contributed by atoms with Gasteiger partial charge in [-0.2, -0.15) is 5.26 Å². The number of carbonyl (C=O) groups excluding carboxylic acids is 1. The zero-order chi connectivity index (χ0) is 10.6. The SMILES string of the molecule is CC(C)NC(=O)c1cncc(C#N)c1. The summed E-state index contributed by atoms with van der Waals surface area (Å²) in [4.78, 5) is 15.3. The van der Waals surface area contributed by atoms with Crippen LogP contribution in [0.2, 0.25) is 0 Å². The van der Waals surface area contributed by atoms with Crippen molar-refractivity contribution in [1.82, 2.24) is 10.3 Å². The third-order valence-corrected chi connectivity index (χ3v) is 1.55. The fourth-order valence-electron chi connectivity index (χ4n) is 0.971. The van der Waals surface area contributed by atoms with Crippen LogP contribution >= 0.6 is 0 Å². The van der Waals surface area contributed by atoms with E-state index in [1.54, 1.807) is 0 Å². The van der Waals surface area contributed by atoms with Crippen LogP contribution in [0.3, 0.4) is 0 Å². The van der Waals surface area contributed by atoms with Gasteiger partial charge >= 0.3 is 0 Å². The van der Waals surface area contributed by atoms with Crippen LogP contribution in [0.25, 0.3) is 0 Å². The van der Waals surface area contributed by atoms with Crippen LogP contribution in [0, 0.1) is 11.3 Å². The van der Waals surface area contributed by atoms with Crippen molar-refractivity contribution in [3.63, 3.8) is 0 Å². The van der Waals surface area contributed by atoms with E-state index in [1.807, 2.05) is 19.9 Å². The highest BCUT2D eigenvalue weighted by atomic mass is 16.1. The first-order valence-corrected chi connectivity index (χ1v) is 4.29. The van der Waals surface area contributed by atoms with Crippen molar-refractivity contribution in [2.75, 3.05) is 0 Å². The molecule has 0 fully saturated rings. The number of carbonyl (C=O) groups is 1. The minimum Gasteiger partial charge on any atom is -0.350 e. The lowest BCUT2D eigenvalue weighted by atomic mass is 10.2. The Morgan fingerprint density at radius 1 is 1.57 bits per heavy atom. The van der Waals surface area contributed by atoms with Crippen molar-refractivity contribution in [3.05, 3.63) is 29.6 Å². The molecule has 0 aliphatic heterocycles. The number of amides is 1. The summed E-state index contributed by atoms with van der Waals surface area (Å²) in [6, 6.07) is 3.53. The maximum atomic E-state index is 11.5. The molecule has 0 atom stereocenters. The van der Waals surface area contributed by atoms with E-state index in [0.717, 1.165) is 0 Å².